The van der Waals surface area contributed by atoms with Crippen LogP contribution >= 0.6 is 0 Å². The van der Waals surface area contributed by atoms with Crippen molar-refractivity contribution in [2.75, 3.05) is 75.1 Å². The minimum atomic E-state index is -0.193. The Morgan fingerprint density at radius 3 is 2.55 bits per heavy atom. The average molecular weight is 538 g/mol. The molecule has 1 fully saturated rings. The number of nitrogen functional groups attached to an aromatic ring is 1. The number of likely N-dealkylation sites (N-methyl/N-ethyl adjacent to an activating group) is 2. The Kier molecular flexibility index (Phi) is 8.18. The summed E-state index contributed by atoms with van der Waals surface area (Å²) in [4.78, 5) is 33.0. The van der Waals surface area contributed by atoms with Gasteiger partial charge in [0.2, 0.25) is 11.9 Å². The highest BCUT2D eigenvalue weighted by molar-refractivity contribution is 6.01. The van der Waals surface area contributed by atoms with Gasteiger partial charge in [-0.3, -0.25) is 9.78 Å². The number of benzene rings is 2. The molecular weight excluding hydrogens is 502 g/mol. The van der Waals surface area contributed by atoms with E-state index in [1.165, 1.54) is 11.8 Å². The zero-order valence-corrected chi connectivity index (χ0v) is 23.1. The van der Waals surface area contributed by atoms with Gasteiger partial charge in [-0.1, -0.05) is 18.2 Å². The molecule has 4 aromatic rings. The molecule has 4 N–H and O–H groups in total. The maximum absolute atomic E-state index is 12.4. The number of nitrogens with one attached hydrogen (secondary N) is 2. The largest absolute Gasteiger partial charge is 0.383 e. The molecule has 0 saturated carbocycles. The number of nitrogens with two attached hydrogens (primary N) is 1. The van der Waals surface area contributed by atoms with Gasteiger partial charge in [0.15, 0.2) is 0 Å². The van der Waals surface area contributed by atoms with Crippen LogP contribution in [0.4, 0.5) is 28.8 Å². The molecule has 1 amide bonds. The van der Waals surface area contributed by atoms with Gasteiger partial charge >= 0.3 is 0 Å². The Hall–Kier alpha value is -4.54. The van der Waals surface area contributed by atoms with Crippen molar-refractivity contribution >= 4 is 45.6 Å². The van der Waals surface area contributed by atoms with Crippen LogP contribution in [-0.4, -0.2) is 84.5 Å². The van der Waals surface area contributed by atoms with Gasteiger partial charge in [0.1, 0.15) is 11.3 Å². The lowest BCUT2D eigenvalue weighted by atomic mass is 10.1. The first-order valence-corrected chi connectivity index (χ1v) is 13.3. The van der Waals surface area contributed by atoms with Crippen molar-refractivity contribution in [1.82, 2.24) is 24.8 Å². The number of aromatic nitrogens is 3. The first-order chi connectivity index (χ1) is 19.4. The van der Waals surface area contributed by atoms with E-state index in [2.05, 4.69) is 49.6 Å². The van der Waals surface area contributed by atoms with Gasteiger partial charge in [0.05, 0.1) is 5.69 Å². The number of nitrogens with zero attached hydrogens (tertiary/aromatic N) is 6. The van der Waals surface area contributed by atoms with E-state index in [1.54, 1.807) is 6.20 Å². The third kappa shape index (κ3) is 6.53. The number of carbonyl (C=O) groups excluding carboxylic acids is 1. The first-order valence-electron chi connectivity index (χ1n) is 13.3. The van der Waals surface area contributed by atoms with Crippen LogP contribution in [0.2, 0.25) is 0 Å². The number of carbonyl (C=O) groups is 1. The molecule has 0 atom stereocenters. The second kappa shape index (κ2) is 12.1. The lowest BCUT2D eigenvalue weighted by Gasteiger charge is -2.34. The summed E-state index contributed by atoms with van der Waals surface area (Å²) in [5, 5.41) is 6.92. The Bertz CT molecular complexity index is 1510. The van der Waals surface area contributed by atoms with Crippen molar-refractivity contribution in [1.29, 1.82) is 0 Å². The van der Waals surface area contributed by atoms with Gasteiger partial charge in [0.25, 0.3) is 0 Å². The van der Waals surface area contributed by atoms with E-state index in [-0.39, 0.29) is 5.91 Å². The molecule has 10 heteroatoms. The molecule has 206 valence electrons. The van der Waals surface area contributed by atoms with Crippen molar-refractivity contribution < 1.29 is 4.79 Å². The van der Waals surface area contributed by atoms with Crippen LogP contribution in [0.15, 0.2) is 72.9 Å². The van der Waals surface area contributed by atoms with E-state index in [1.807, 2.05) is 67.5 Å². The topological polar surface area (TPSA) is 116 Å². The van der Waals surface area contributed by atoms with Crippen molar-refractivity contribution in [3.8, 4) is 11.3 Å². The maximum Gasteiger partial charge on any atom is 0.248 e. The van der Waals surface area contributed by atoms with Gasteiger partial charge in [-0.2, -0.15) is 4.98 Å². The number of anilines is 5. The molecule has 40 heavy (non-hydrogen) atoms. The van der Waals surface area contributed by atoms with E-state index in [4.69, 9.17) is 10.7 Å². The number of pyridine rings is 1. The van der Waals surface area contributed by atoms with Crippen LogP contribution in [-0.2, 0) is 4.79 Å². The number of hydrogen-bond acceptors (Lipinski definition) is 9. The van der Waals surface area contributed by atoms with Gasteiger partial charge in [0, 0.05) is 73.0 Å². The fraction of sp³-hybridized carbons (Fsp3) is 0.267. The molecule has 0 spiro atoms. The molecule has 1 aliphatic heterocycles. The zero-order valence-electron chi connectivity index (χ0n) is 23.1. The lowest BCUT2D eigenvalue weighted by Crippen LogP contribution is -2.44. The summed E-state index contributed by atoms with van der Waals surface area (Å²) < 4.78 is 0. The van der Waals surface area contributed by atoms with Crippen LogP contribution in [0.5, 0.6) is 0 Å². The molecular formula is C30H35N9O. The van der Waals surface area contributed by atoms with Crippen LogP contribution in [0, 0.1) is 0 Å². The van der Waals surface area contributed by atoms with Gasteiger partial charge in [-0.25, -0.2) is 4.98 Å². The number of fused-ring (bicyclic) bond motifs is 1. The SMILES string of the molecule is CN(C)C/C=C/C(=O)Nc1cccc(-c2nccc3c(N)nc(Nc4ccc(N5CCN(C)CC5)cc4)nc23)c1. The third-order valence-electron chi connectivity index (χ3n) is 6.78. The van der Waals surface area contributed by atoms with Crippen LogP contribution < -0.4 is 21.3 Å². The summed E-state index contributed by atoms with van der Waals surface area (Å²) in [6.45, 7) is 4.83. The number of amides is 1. The molecule has 1 aliphatic rings. The second-order valence-corrected chi connectivity index (χ2v) is 10.2. The molecule has 0 unspecified atom stereocenters. The summed E-state index contributed by atoms with van der Waals surface area (Å²) in [7, 11) is 6.05. The van der Waals surface area contributed by atoms with E-state index in [0.717, 1.165) is 37.4 Å². The molecule has 0 radical (unpaired) electrons. The molecule has 2 aromatic carbocycles. The van der Waals surface area contributed by atoms with E-state index in [0.29, 0.717) is 40.6 Å². The summed E-state index contributed by atoms with van der Waals surface area (Å²) in [6, 6.07) is 17.6. The summed E-state index contributed by atoms with van der Waals surface area (Å²) in [5.74, 6) is 0.560. The maximum atomic E-state index is 12.4. The van der Waals surface area contributed by atoms with E-state index >= 15 is 0 Å². The average Bonchev–Trinajstić information content (AvgIpc) is 2.94. The third-order valence-corrected chi connectivity index (χ3v) is 6.78. The van der Waals surface area contributed by atoms with Crippen molar-refractivity contribution in [2.45, 2.75) is 0 Å². The predicted octanol–water partition coefficient (Wildman–Crippen LogP) is 3.83. The van der Waals surface area contributed by atoms with E-state index < -0.39 is 0 Å². The Morgan fingerprint density at radius 1 is 1.02 bits per heavy atom. The monoisotopic (exact) mass is 537 g/mol. The fourth-order valence-corrected chi connectivity index (χ4v) is 4.59. The number of hydrogen-bond donors (Lipinski definition) is 3. The van der Waals surface area contributed by atoms with Crippen molar-refractivity contribution in [3.63, 3.8) is 0 Å². The fourth-order valence-electron chi connectivity index (χ4n) is 4.59. The van der Waals surface area contributed by atoms with Gasteiger partial charge < -0.3 is 31.1 Å². The molecule has 10 nitrogen and oxygen atoms in total. The molecule has 1 saturated heterocycles. The number of piperazine rings is 1. The lowest BCUT2D eigenvalue weighted by molar-refractivity contribution is -0.111. The summed E-state index contributed by atoms with van der Waals surface area (Å²) in [6.07, 6.45) is 5.04. The van der Waals surface area contributed by atoms with Crippen molar-refractivity contribution in [3.05, 3.63) is 72.9 Å². The highest BCUT2D eigenvalue weighted by atomic mass is 16.1. The Morgan fingerprint density at radius 2 is 1.80 bits per heavy atom. The minimum absolute atomic E-state index is 0.193. The summed E-state index contributed by atoms with van der Waals surface area (Å²) in [5.41, 5.74) is 11.2. The summed E-state index contributed by atoms with van der Waals surface area (Å²) >= 11 is 0. The zero-order chi connectivity index (χ0) is 28.1. The molecule has 0 aliphatic carbocycles. The molecule has 2 aromatic heterocycles. The van der Waals surface area contributed by atoms with Crippen LogP contribution in [0.1, 0.15) is 0 Å². The Balaban J connectivity index is 1.37. The second-order valence-electron chi connectivity index (χ2n) is 10.2. The highest BCUT2D eigenvalue weighted by Crippen LogP contribution is 2.31. The number of rotatable bonds is 8. The van der Waals surface area contributed by atoms with Crippen molar-refractivity contribution in [2.24, 2.45) is 0 Å². The predicted molar refractivity (Wildman–Crippen MR) is 163 cm³/mol. The molecule has 3 heterocycles. The van der Waals surface area contributed by atoms with Crippen LogP contribution in [0.25, 0.3) is 22.2 Å². The highest BCUT2D eigenvalue weighted by Gasteiger charge is 2.15. The normalized spacial score (nSPS) is 14.2. The van der Waals surface area contributed by atoms with Gasteiger partial charge in [-0.15, -0.1) is 0 Å². The smallest absolute Gasteiger partial charge is 0.248 e. The van der Waals surface area contributed by atoms with E-state index in [9.17, 15) is 4.79 Å². The quantitative estimate of drug-likeness (QED) is 0.289. The Labute approximate surface area is 234 Å². The van der Waals surface area contributed by atoms with Crippen LogP contribution in [0.3, 0.4) is 0 Å². The van der Waals surface area contributed by atoms with Gasteiger partial charge in [-0.05, 0) is 63.6 Å². The molecule has 5 rings (SSSR count). The molecule has 0 bridgehead atoms. The first kappa shape index (κ1) is 27.0. The minimum Gasteiger partial charge on any atom is -0.383 e. The standard InChI is InChI=1S/C30H35N9O/c1-37(2)15-5-8-26(40)33-23-7-4-6-21(20-23)27-28-25(13-14-32-27)29(31)36-30(35-28)34-22-9-11-24(12-10-22)39-18-16-38(3)17-19-39/h4-14,20H,15-19H2,1-3H3,(H,33,40)(H3,31,34,35,36)/b8-5+.